The number of hydrogen-bond acceptors (Lipinski definition) is 4. The number of rotatable bonds is 5. The van der Waals surface area contributed by atoms with Crippen molar-refractivity contribution >= 4 is 56.7 Å². The Morgan fingerprint density at radius 2 is 1.70 bits per heavy atom. The largest absolute Gasteiger partial charge is 0.230 e. The summed E-state index contributed by atoms with van der Waals surface area (Å²) in [6.45, 7) is 0. The molecule has 20 heavy (non-hydrogen) atoms. The van der Waals surface area contributed by atoms with E-state index in [2.05, 4.69) is 35.3 Å². The highest BCUT2D eigenvalue weighted by molar-refractivity contribution is 8.03. The molecule has 1 aromatic heterocycles. The van der Waals surface area contributed by atoms with Crippen molar-refractivity contribution < 1.29 is 0 Å². The van der Waals surface area contributed by atoms with Gasteiger partial charge in [-0.15, -0.1) is 23.1 Å². The van der Waals surface area contributed by atoms with Gasteiger partial charge < -0.3 is 0 Å². The van der Waals surface area contributed by atoms with E-state index in [1.165, 1.54) is 9.60 Å². The van der Waals surface area contributed by atoms with Crippen molar-refractivity contribution in [2.75, 3.05) is 11.5 Å². The van der Waals surface area contributed by atoms with Gasteiger partial charge in [-0.2, -0.15) is 0 Å². The zero-order chi connectivity index (χ0) is 13.8. The zero-order valence-corrected chi connectivity index (χ0v) is 13.8. The smallest absolute Gasteiger partial charge is 0.151 e. The normalized spacial score (nSPS) is 11.1. The summed E-state index contributed by atoms with van der Waals surface area (Å²) in [5.41, 5.74) is 1.10. The van der Waals surface area contributed by atoms with Crippen LogP contribution >= 0.6 is 46.5 Å². The molecule has 0 aliphatic carbocycles. The molecule has 0 radical (unpaired) electrons. The summed E-state index contributed by atoms with van der Waals surface area (Å²) in [6.07, 6.45) is 0. The van der Waals surface area contributed by atoms with E-state index in [-0.39, 0.29) is 0 Å². The number of aromatic nitrogens is 1. The van der Waals surface area contributed by atoms with Crippen LogP contribution in [0.5, 0.6) is 0 Å². The third kappa shape index (κ3) is 3.70. The van der Waals surface area contributed by atoms with Gasteiger partial charge in [0.15, 0.2) is 4.34 Å². The van der Waals surface area contributed by atoms with E-state index in [0.29, 0.717) is 0 Å². The Kier molecular flexibility index (Phi) is 4.89. The predicted octanol–water partition coefficient (Wildman–Crippen LogP) is 5.83. The van der Waals surface area contributed by atoms with Crippen LogP contribution in [0, 0.1) is 0 Å². The van der Waals surface area contributed by atoms with Crippen molar-refractivity contribution in [2.45, 2.75) is 9.24 Å². The number of nitrogens with zero attached hydrogens (tertiary/aromatic N) is 1. The van der Waals surface area contributed by atoms with Gasteiger partial charge in [-0.25, -0.2) is 4.98 Å². The lowest BCUT2D eigenvalue weighted by molar-refractivity contribution is 1.30. The fraction of sp³-hybridized carbons (Fsp3) is 0.133. The van der Waals surface area contributed by atoms with Crippen LogP contribution in [0.25, 0.3) is 10.2 Å². The Labute approximate surface area is 135 Å². The maximum Gasteiger partial charge on any atom is 0.151 e. The standard InChI is InChI=1S/C15H12ClNS3/c16-11-5-7-12(8-6-11)18-9-10-19-15-17-13-3-1-2-4-14(13)20-15/h1-8H,9-10H2. The molecule has 3 aromatic rings. The summed E-state index contributed by atoms with van der Waals surface area (Å²) in [5.74, 6) is 2.13. The molecule has 0 spiro atoms. The van der Waals surface area contributed by atoms with E-state index in [9.17, 15) is 0 Å². The van der Waals surface area contributed by atoms with Crippen LogP contribution in [0.1, 0.15) is 0 Å². The summed E-state index contributed by atoms with van der Waals surface area (Å²) in [5, 5.41) is 0.790. The van der Waals surface area contributed by atoms with Crippen molar-refractivity contribution in [3.05, 3.63) is 53.6 Å². The van der Waals surface area contributed by atoms with Gasteiger partial charge in [0, 0.05) is 21.4 Å². The molecule has 0 saturated heterocycles. The minimum atomic E-state index is 0.790. The van der Waals surface area contributed by atoms with E-state index in [0.717, 1.165) is 26.4 Å². The molecular weight excluding hydrogens is 326 g/mol. The Balaban J connectivity index is 1.51. The van der Waals surface area contributed by atoms with Crippen LogP contribution in [-0.4, -0.2) is 16.5 Å². The van der Waals surface area contributed by atoms with Gasteiger partial charge in [0.1, 0.15) is 0 Å². The quantitative estimate of drug-likeness (QED) is 0.429. The number of thioether (sulfide) groups is 2. The van der Waals surface area contributed by atoms with E-state index < -0.39 is 0 Å². The molecule has 5 heteroatoms. The van der Waals surface area contributed by atoms with Crippen LogP contribution in [-0.2, 0) is 0 Å². The topological polar surface area (TPSA) is 12.9 Å². The summed E-state index contributed by atoms with van der Waals surface area (Å²) >= 11 is 11.3. The van der Waals surface area contributed by atoms with Crippen molar-refractivity contribution in [2.24, 2.45) is 0 Å². The number of benzene rings is 2. The highest BCUT2D eigenvalue weighted by atomic mass is 35.5. The first-order chi connectivity index (χ1) is 9.81. The molecule has 0 N–H and O–H groups in total. The molecule has 0 fully saturated rings. The predicted molar refractivity (Wildman–Crippen MR) is 92.5 cm³/mol. The molecule has 0 unspecified atom stereocenters. The number of thiazole rings is 1. The molecule has 0 bridgehead atoms. The molecule has 2 aromatic carbocycles. The van der Waals surface area contributed by atoms with E-state index >= 15 is 0 Å². The first-order valence-corrected chi connectivity index (χ1v) is 9.34. The maximum atomic E-state index is 5.87. The van der Waals surface area contributed by atoms with Crippen LogP contribution in [0.4, 0.5) is 0 Å². The maximum absolute atomic E-state index is 5.87. The second-order valence-corrected chi connectivity index (χ2v) is 8.08. The SMILES string of the molecule is Clc1ccc(SCCSc2nc3ccccc3s2)cc1. The van der Waals surface area contributed by atoms with Gasteiger partial charge in [0.25, 0.3) is 0 Å². The summed E-state index contributed by atoms with van der Waals surface area (Å²) in [7, 11) is 0. The molecule has 3 rings (SSSR count). The highest BCUT2D eigenvalue weighted by Crippen LogP contribution is 2.30. The Morgan fingerprint density at radius 1 is 0.950 bits per heavy atom. The molecule has 102 valence electrons. The van der Waals surface area contributed by atoms with Gasteiger partial charge in [-0.05, 0) is 36.4 Å². The van der Waals surface area contributed by atoms with Gasteiger partial charge in [0.05, 0.1) is 10.2 Å². The Morgan fingerprint density at radius 3 is 2.50 bits per heavy atom. The van der Waals surface area contributed by atoms with Gasteiger partial charge >= 0.3 is 0 Å². The average Bonchev–Trinajstić information content (AvgIpc) is 2.88. The minimum Gasteiger partial charge on any atom is -0.230 e. The van der Waals surface area contributed by atoms with Gasteiger partial charge in [0.2, 0.25) is 0 Å². The van der Waals surface area contributed by atoms with Crippen LogP contribution in [0.2, 0.25) is 5.02 Å². The summed E-state index contributed by atoms with van der Waals surface area (Å²) < 4.78 is 2.42. The third-order valence-electron chi connectivity index (χ3n) is 2.67. The average molecular weight is 338 g/mol. The van der Waals surface area contributed by atoms with Crippen LogP contribution < -0.4 is 0 Å². The van der Waals surface area contributed by atoms with E-state index in [4.69, 9.17) is 11.6 Å². The lowest BCUT2D eigenvalue weighted by atomic mass is 10.3. The minimum absolute atomic E-state index is 0.790. The van der Waals surface area contributed by atoms with Crippen molar-refractivity contribution in [1.29, 1.82) is 0 Å². The lowest BCUT2D eigenvalue weighted by Crippen LogP contribution is -1.83. The van der Waals surface area contributed by atoms with Crippen molar-refractivity contribution in [1.82, 2.24) is 4.98 Å². The van der Waals surface area contributed by atoms with Crippen molar-refractivity contribution in [3.8, 4) is 0 Å². The molecule has 0 amide bonds. The lowest BCUT2D eigenvalue weighted by Gasteiger charge is -2.00. The molecule has 0 saturated carbocycles. The molecular formula is C15H12ClNS3. The van der Waals surface area contributed by atoms with Gasteiger partial charge in [-0.1, -0.05) is 35.5 Å². The molecule has 0 aliphatic heterocycles. The Hall–Kier alpha value is -0.680. The third-order valence-corrected chi connectivity index (χ3v) is 6.37. The number of para-hydroxylation sites is 1. The van der Waals surface area contributed by atoms with Crippen LogP contribution in [0.3, 0.4) is 0 Å². The van der Waals surface area contributed by atoms with Crippen molar-refractivity contribution in [3.63, 3.8) is 0 Å². The van der Waals surface area contributed by atoms with Crippen LogP contribution in [0.15, 0.2) is 57.8 Å². The molecule has 1 nitrogen and oxygen atoms in total. The zero-order valence-electron chi connectivity index (χ0n) is 10.6. The first kappa shape index (κ1) is 14.3. The Bertz CT molecular complexity index is 661. The summed E-state index contributed by atoms with van der Waals surface area (Å²) in [4.78, 5) is 5.89. The second-order valence-electron chi connectivity index (χ2n) is 4.10. The number of hydrogen-bond donors (Lipinski definition) is 0. The molecule has 1 heterocycles. The highest BCUT2D eigenvalue weighted by Gasteiger charge is 2.03. The van der Waals surface area contributed by atoms with E-state index in [1.54, 1.807) is 11.3 Å². The first-order valence-electron chi connectivity index (χ1n) is 6.18. The fourth-order valence-corrected chi connectivity index (χ4v) is 4.88. The molecule has 0 atom stereocenters. The van der Waals surface area contributed by atoms with Gasteiger partial charge in [-0.3, -0.25) is 0 Å². The number of halogens is 1. The fourth-order valence-electron chi connectivity index (χ4n) is 1.73. The molecule has 0 aliphatic rings. The number of fused-ring (bicyclic) bond motifs is 1. The monoisotopic (exact) mass is 337 g/mol. The second kappa shape index (κ2) is 6.85. The summed E-state index contributed by atoms with van der Waals surface area (Å²) in [6, 6.07) is 16.3. The van der Waals surface area contributed by atoms with E-state index in [1.807, 2.05) is 41.7 Å².